The number of aryl methyl sites for hydroxylation is 3. The third-order valence-corrected chi connectivity index (χ3v) is 6.39. The Hall–Kier alpha value is -3.06. The van der Waals surface area contributed by atoms with Gasteiger partial charge in [0.05, 0.1) is 0 Å². The van der Waals surface area contributed by atoms with Crippen molar-refractivity contribution in [1.82, 2.24) is 10.2 Å². The van der Waals surface area contributed by atoms with Gasteiger partial charge in [-0.2, -0.15) is 0 Å². The van der Waals surface area contributed by atoms with E-state index in [2.05, 4.69) is 33.7 Å². The maximum Gasteiger partial charge on any atom is 0.227 e. The van der Waals surface area contributed by atoms with Crippen LogP contribution in [0.3, 0.4) is 0 Å². The molecule has 0 aliphatic carbocycles. The van der Waals surface area contributed by atoms with Crippen LogP contribution in [0.2, 0.25) is 0 Å². The average Bonchev–Trinajstić information content (AvgIpc) is 3.34. The van der Waals surface area contributed by atoms with E-state index in [0.717, 1.165) is 34.7 Å². The number of aromatic nitrogens is 2. The lowest BCUT2D eigenvalue weighted by Gasteiger charge is -2.17. The van der Waals surface area contributed by atoms with E-state index in [1.165, 1.54) is 16.9 Å². The standard InChI is InChI=1S/C24H26N4O2S/c1-16-11-17(2)13-20(12-16)28-15-19(14-22(28)30)23-26-27-24(31-23)25-21(29)10-6-9-18-7-4-3-5-8-18/h3-5,7-8,11-13,19H,6,9-10,14-15H2,1-2H3,(H,25,27,29). The van der Waals surface area contributed by atoms with E-state index in [-0.39, 0.29) is 17.7 Å². The predicted octanol–water partition coefficient (Wildman–Crippen LogP) is 4.64. The highest BCUT2D eigenvalue weighted by Crippen LogP contribution is 2.34. The second-order valence-corrected chi connectivity index (χ2v) is 9.09. The molecule has 1 saturated heterocycles. The topological polar surface area (TPSA) is 75.2 Å². The van der Waals surface area contributed by atoms with Crippen LogP contribution in [0.5, 0.6) is 0 Å². The molecule has 7 heteroatoms. The molecular formula is C24H26N4O2S. The van der Waals surface area contributed by atoms with Crippen molar-refractivity contribution < 1.29 is 9.59 Å². The molecule has 2 heterocycles. The van der Waals surface area contributed by atoms with Gasteiger partial charge in [-0.1, -0.05) is 47.7 Å². The highest BCUT2D eigenvalue weighted by molar-refractivity contribution is 7.15. The van der Waals surface area contributed by atoms with Crippen molar-refractivity contribution >= 4 is 34.0 Å². The largest absolute Gasteiger partial charge is 0.312 e. The lowest BCUT2D eigenvalue weighted by atomic mass is 10.1. The Balaban J connectivity index is 1.32. The number of rotatable bonds is 7. The van der Waals surface area contributed by atoms with E-state index >= 15 is 0 Å². The van der Waals surface area contributed by atoms with Crippen molar-refractivity contribution in [2.45, 2.75) is 45.4 Å². The zero-order chi connectivity index (χ0) is 21.8. The third kappa shape index (κ3) is 5.35. The van der Waals surface area contributed by atoms with Crippen LogP contribution in [0.25, 0.3) is 0 Å². The second kappa shape index (κ2) is 9.39. The van der Waals surface area contributed by atoms with Gasteiger partial charge in [0.15, 0.2) is 0 Å². The molecule has 0 radical (unpaired) electrons. The van der Waals surface area contributed by atoms with E-state index in [0.29, 0.717) is 24.5 Å². The van der Waals surface area contributed by atoms with Gasteiger partial charge < -0.3 is 10.2 Å². The number of nitrogens with one attached hydrogen (secondary N) is 1. The molecule has 160 valence electrons. The molecule has 4 rings (SSSR count). The number of amides is 2. The van der Waals surface area contributed by atoms with Crippen molar-refractivity contribution in [1.29, 1.82) is 0 Å². The molecule has 1 atom stereocenters. The monoisotopic (exact) mass is 434 g/mol. The third-order valence-electron chi connectivity index (χ3n) is 5.39. The number of nitrogens with zero attached hydrogens (tertiary/aromatic N) is 3. The van der Waals surface area contributed by atoms with Gasteiger partial charge in [0.2, 0.25) is 16.9 Å². The van der Waals surface area contributed by atoms with Crippen molar-refractivity contribution in [3.05, 3.63) is 70.2 Å². The van der Waals surface area contributed by atoms with E-state index in [9.17, 15) is 9.59 Å². The van der Waals surface area contributed by atoms with Gasteiger partial charge >= 0.3 is 0 Å². The second-order valence-electron chi connectivity index (χ2n) is 8.08. The first-order valence-corrected chi connectivity index (χ1v) is 11.4. The molecule has 1 aliphatic heterocycles. The zero-order valence-corrected chi connectivity index (χ0v) is 18.6. The minimum Gasteiger partial charge on any atom is -0.312 e. The van der Waals surface area contributed by atoms with Crippen molar-refractivity contribution in [3.63, 3.8) is 0 Å². The number of anilines is 2. The summed E-state index contributed by atoms with van der Waals surface area (Å²) in [6, 6.07) is 16.3. The lowest BCUT2D eigenvalue weighted by molar-refractivity contribution is -0.117. The van der Waals surface area contributed by atoms with Gasteiger partial charge in [0, 0.05) is 31.0 Å². The molecule has 1 unspecified atom stereocenters. The van der Waals surface area contributed by atoms with Crippen LogP contribution in [0, 0.1) is 13.8 Å². The highest BCUT2D eigenvalue weighted by atomic mass is 32.1. The van der Waals surface area contributed by atoms with Gasteiger partial charge in [-0.15, -0.1) is 10.2 Å². The Morgan fingerprint density at radius 1 is 1.13 bits per heavy atom. The number of benzene rings is 2. The van der Waals surface area contributed by atoms with E-state index in [4.69, 9.17) is 0 Å². The Bertz CT molecular complexity index is 1060. The maximum atomic E-state index is 12.6. The fraction of sp³-hybridized carbons (Fsp3) is 0.333. The highest BCUT2D eigenvalue weighted by Gasteiger charge is 2.34. The van der Waals surface area contributed by atoms with Crippen LogP contribution in [-0.4, -0.2) is 28.6 Å². The van der Waals surface area contributed by atoms with Gasteiger partial charge in [-0.05, 0) is 55.5 Å². The Morgan fingerprint density at radius 2 is 1.87 bits per heavy atom. The molecular weight excluding hydrogens is 408 g/mol. The summed E-state index contributed by atoms with van der Waals surface area (Å²) in [6.07, 6.45) is 2.50. The number of carbonyl (C=O) groups excluding carboxylic acids is 2. The summed E-state index contributed by atoms with van der Waals surface area (Å²) in [6.45, 7) is 4.66. The molecule has 1 N–H and O–H groups in total. The van der Waals surface area contributed by atoms with E-state index in [1.807, 2.05) is 49.1 Å². The fourth-order valence-corrected chi connectivity index (χ4v) is 4.81. The SMILES string of the molecule is Cc1cc(C)cc(N2CC(c3nnc(NC(=O)CCCc4ccccc4)s3)CC2=O)c1. The summed E-state index contributed by atoms with van der Waals surface area (Å²) < 4.78 is 0. The Morgan fingerprint density at radius 3 is 2.61 bits per heavy atom. The summed E-state index contributed by atoms with van der Waals surface area (Å²) in [7, 11) is 0. The lowest BCUT2D eigenvalue weighted by Crippen LogP contribution is -2.24. The Labute approximate surface area is 186 Å². The summed E-state index contributed by atoms with van der Waals surface area (Å²) in [5.74, 6) is 0.0317. The fourth-order valence-electron chi connectivity index (χ4n) is 3.96. The van der Waals surface area contributed by atoms with Gasteiger partial charge in [0.1, 0.15) is 5.01 Å². The molecule has 1 fully saturated rings. The Kier molecular flexibility index (Phi) is 6.42. The first kappa shape index (κ1) is 21.2. The minimum atomic E-state index is -0.0574. The first-order valence-electron chi connectivity index (χ1n) is 10.5. The van der Waals surface area contributed by atoms with Crippen LogP contribution < -0.4 is 10.2 Å². The molecule has 2 amide bonds. The first-order chi connectivity index (χ1) is 15.0. The molecule has 6 nitrogen and oxygen atoms in total. The zero-order valence-electron chi connectivity index (χ0n) is 17.8. The van der Waals surface area contributed by atoms with Gasteiger partial charge in [-0.3, -0.25) is 9.59 Å². The molecule has 0 bridgehead atoms. The average molecular weight is 435 g/mol. The summed E-state index contributed by atoms with van der Waals surface area (Å²) >= 11 is 1.36. The smallest absolute Gasteiger partial charge is 0.227 e. The van der Waals surface area contributed by atoms with Crippen LogP contribution >= 0.6 is 11.3 Å². The van der Waals surface area contributed by atoms with Crippen molar-refractivity contribution in [2.75, 3.05) is 16.8 Å². The van der Waals surface area contributed by atoms with E-state index < -0.39 is 0 Å². The predicted molar refractivity (Wildman–Crippen MR) is 124 cm³/mol. The molecule has 31 heavy (non-hydrogen) atoms. The number of hydrogen-bond acceptors (Lipinski definition) is 5. The minimum absolute atomic E-state index is 0.00505. The quantitative estimate of drug-likeness (QED) is 0.588. The van der Waals surface area contributed by atoms with Crippen LogP contribution in [-0.2, 0) is 16.0 Å². The van der Waals surface area contributed by atoms with Crippen LogP contribution in [0.4, 0.5) is 10.8 Å². The van der Waals surface area contributed by atoms with Crippen LogP contribution in [0.15, 0.2) is 48.5 Å². The van der Waals surface area contributed by atoms with Crippen molar-refractivity contribution in [2.24, 2.45) is 0 Å². The van der Waals surface area contributed by atoms with E-state index in [1.54, 1.807) is 0 Å². The maximum absolute atomic E-state index is 12.6. The molecule has 0 spiro atoms. The van der Waals surface area contributed by atoms with Gasteiger partial charge in [0.25, 0.3) is 0 Å². The van der Waals surface area contributed by atoms with Crippen molar-refractivity contribution in [3.8, 4) is 0 Å². The van der Waals surface area contributed by atoms with Crippen LogP contribution in [0.1, 0.15) is 46.9 Å². The molecule has 1 aromatic heterocycles. The molecule has 1 aliphatic rings. The summed E-state index contributed by atoms with van der Waals surface area (Å²) in [4.78, 5) is 26.7. The summed E-state index contributed by atoms with van der Waals surface area (Å²) in [5.41, 5.74) is 4.44. The molecule has 0 saturated carbocycles. The number of carbonyl (C=O) groups is 2. The normalized spacial score (nSPS) is 16.0. The molecule has 3 aromatic rings. The van der Waals surface area contributed by atoms with Gasteiger partial charge in [-0.25, -0.2) is 0 Å². The molecule has 2 aromatic carbocycles. The summed E-state index contributed by atoms with van der Waals surface area (Å²) in [5, 5.41) is 12.5. The number of hydrogen-bond donors (Lipinski definition) is 1.